The van der Waals surface area contributed by atoms with E-state index in [1.807, 2.05) is 18.0 Å². The first-order valence-corrected chi connectivity index (χ1v) is 5.16. The maximum Gasteiger partial charge on any atom is 0.335 e. The minimum Gasteiger partial charge on any atom is -0.478 e. The smallest absolute Gasteiger partial charge is 0.335 e. The van der Waals surface area contributed by atoms with Crippen molar-refractivity contribution in [2.24, 2.45) is 0 Å². The lowest BCUT2D eigenvalue weighted by Crippen LogP contribution is -2.19. The van der Waals surface area contributed by atoms with Crippen molar-refractivity contribution < 1.29 is 9.90 Å². The zero-order valence-corrected chi connectivity index (χ0v) is 9.39. The number of carboxylic acid groups (broad SMARTS) is 1. The van der Waals surface area contributed by atoms with Crippen LogP contribution in [0.1, 0.15) is 23.2 Å². The third kappa shape index (κ3) is 3.38. The van der Waals surface area contributed by atoms with Crippen molar-refractivity contribution in [3.05, 3.63) is 36.5 Å². The fraction of sp³-hybridized carbons (Fsp3) is 0.333. The van der Waals surface area contributed by atoms with Crippen LogP contribution in [-0.2, 0) is 0 Å². The highest BCUT2D eigenvalue weighted by molar-refractivity contribution is 5.88. The number of rotatable bonds is 6. The summed E-state index contributed by atoms with van der Waals surface area (Å²) >= 11 is 0. The van der Waals surface area contributed by atoms with Crippen molar-refractivity contribution in [3.63, 3.8) is 0 Å². The number of aromatic carboxylic acids is 1. The minimum atomic E-state index is -0.928. The summed E-state index contributed by atoms with van der Waals surface area (Å²) in [6, 6.07) is 3.07. The molecule has 1 rings (SSSR count). The van der Waals surface area contributed by atoms with Crippen molar-refractivity contribution in [1.82, 2.24) is 4.98 Å². The lowest BCUT2D eigenvalue weighted by Gasteiger charge is -2.17. The molecule has 0 aromatic carbocycles. The molecule has 4 heteroatoms. The van der Waals surface area contributed by atoms with Crippen molar-refractivity contribution in [3.8, 4) is 0 Å². The number of hydrogen-bond donors (Lipinski definition) is 1. The quantitative estimate of drug-likeness (QED) is 0.589. The van der Waals surface area contributed by atoms with Gasteiger partial charge in [0.15, 0.2) is 0 Å². The molecule has 16 heavy (non-hydrogen) atoms. The molecule has 0 radical (unpaired) electrons. The van der Waals surface area contributed by atoms with Gasteiger partial charge in [-0.05, 0) is 25.0 Å². The maximum atomic E-state index is 10.8. The molecule has 0 spiro atoms. The molecule has 0 aliphatic heterocycles. The van der Waals surface area contributed by atoms with Gasteiger partial charge in [-0.1, -0.05) is 6.08 Å². The first kappa shape index (κ1) is 12.2. The van der Waals surface area contributed by atoms with E-state index >= 15 is 0 Å². The van der Waals surface area contributed by atoms with Crippen LogP contribution in [0, 0.1) is 0 Å². The molecule has 0 atom stereocenters. The summed E-state index contributed by atoms with van der Waals surface area (Å²) in [5.74, 6) is -0.243. The Kier molecular flexibility index (Phi) is 4.51. The van der Waals surface area contributed by atoms with Crippen LogP contribution < -0.4 is 4.90 Å². The molecular formula is C12H16N2O2. The van der Waals surface area contributed by atoms with Crippen LogP contribution in [0.4, 0.5) is 5.82 Å². The Morgan fingerprint density at radius 1 is 1.69 bits per heavy atom. The number of carbonyl (C=O) groups is 1. The molecule has 0 fully saturated rings. The van der Waals surface area contributed by atoms with Crippen LogP contribution in [0.25, 0.3) is 0 Å². The Hall–Kier alpha value is -1.84. The van der Waals surface area contributed by atoms with E-state index in [2.05, 4.69) is 11.6 Å². The van der Waals surface area contributed by atoms with Gasteiger partial charge in [-0.2, -0.15) is 0 Å². The molecule has 0 amide bonds. The molecule has 0 bridgehead atoms. The van der Waals surface area contributed by atoms with Crippen molar-refractivity contribution >= 4 is 11.8 Å². The van der Waals surface area contributed by atoms with Gasteiger partial charge >= 0.3 is 5.97 Å². The standard InChI is InChI=1S/C12H16N2O2/c1-3-4-5-8-14(2)11-9-10(12(15)16)6-7-13-11/h3,6-7,9H,1,4-5,8H2,2H3,(H,15,16). The first-order chi connectivity index (χ1) is 7.65. The molecule has 1 heterocycles. The van der Waals surface area contributed by atoms with Crippen LogP contribution >= 0.6 is 0 Å². The SMILES string of the molecule is C=CCCCN(C)c1cc(C(=O)O)ccn1. The number of unbranched alkanes of at least 4 members (excludes halogenated alkanes) is 1. The van der Waals surface area contributed by atoms with Crippen LogP contribution in [0.15, 0.2) is 31.0 Å². The van der Waals surface area contributed by atoms with E-state index in [1.54, 1.807) is 6.07 Å². The highest BCUT2D eigenvalue weighted by Crippen LogP contribution is 2.11. The van der Waals surface area contributed by atoms with E-state index in [9.17, 15) is 4.79 Å². The Bertz CT molecular complexity index is 377. The number of nitrogens with zero attached hydrogens (tertiary/aromatic N) is 2. The Balaban J connectivity index is 2.67. The average Bonchev–Trinajstić information content (AvgIpc) is 2.29. The summed E-state index contributed by atoms with van der Waals surface area (Å²) in [6.07, 6.45) is 5.32. The van der Waals surface area contributed by atoms with Gasteiger partial charge in [0.05, 0.1) is 5.56 Å². The van der Waals surface area contributed by atoms with E-state index in [4.69, 9.17) is 5.11 Å². The van der Waals surface area contributed by atoms with Gasteiger partial charge < -0.3 is 10.0 Å². The molecule has 86 valence electrons. The predicted octanol–water partition coefficient (Wildman–Crippen LogP) is 2.18. The summed E-state index contributed by atoms with van der Waals surface area (Å²) in [5.41, 5.74) is 0.264. The van der Waals surface area contributed by atoms with E-state index in [1.165, 1.54) is 12.3 Å². The van der Waals surface area contributed by atoms with E-state index in [0.717, 1.165) is 19.4 Å². The second kappa shape index (κ2) is 5.90. The van der Waals surface area contributed by atoms with Crippen LogP contribution in [0.3, 0.4) is 0 Å². The van der Waals surface area contributed by atoms with Gasteiger partial charge in [-0.15, -0.1) is 6.58 Å². The number of hydrogen-bond acceptors (Lipinski definition) is 3. The van der Waals surface area contributed by atoms with Gasteiger partial charge in [-0.3, -0.25) is 0 Å². The predicted molar refractivity (Wildman–Crippen MR) is 63.9 cm³/mol. The van der Waals surface area contributed by atoms with Gasteiger partial charge in [0.25, 0.3) is 0 Å². The monoisotopic (exact) mass is 220 g/mol. The zero-order valence-electron chi connectivity index (χ0n) is 9.39. The lowest BCUT2D eigenvalue weighted by atomic mass is 10.2. The Morgan fingerprint density at radius 3 is 3.06 bits per heavy atom. The third-order valence-electron chi connectivity index (χ3n) is 2.29. The van der Waals surface area contributed by atoms with Crippen molar-refractivity contribution in [1.29, 1.82) is 0 Å². The second-order valence-electron chi connectivity index (χ2n) is 3.56. The van der Waals surface area contributed by atoms with Crippen molar-refractivity contribution in [2.45, 2.75) is 12.8 Å². The fourth-order valence-electron chi connectivity index (χ4n) is 1.35. The lowest BCUT2D eigenvalue weighted by molar-refractivity contribution is 0.0697. The van der Waals surface area contributed by atoms with Gasteiger partial charge in [0.2, 0.25) is 0 Å². The summed E-state index contributed by atoms with van der Waals surface area (Å²) in [7, 11) is 1.90. The number of anilines is 1. The molecule has 0 aliphatic rings. The Morgan fingerprint density at radius 2 is 2.44 bits per heavy atom. The molecule has 1 aromatic rings. The molecule has 0 saturated heterocycles. The van der Waals surface area contributed by atoms with Crippen LogP contribution in [0.5, 0.6) is 0 Å². The molecule has 0 aliphatic carbocycles. The van der Waals surface area contributed by atoms with Crippen molar-refractivity contribution in [2.75, 3.05) is 18.5 Å². The molecule has 0 saturated carbocycles. The Labute approximate surface area is 95.2 Å². The van der Waals surface area contributed by atoms with Gasteiger partial charge in [-0.25, -0.2) is 9.78 Å². The maximum absolute atomic E-state index is 10.8. The summed E-state index contributed by atoms with van der Waals surface area (Å²) < 4.78 is 0. The molecule has 1 N–H and O–H groups in total. The van der Waals surface area contributed by atoms with E-state index < -0.39 is 5.97 Å². The van der Waals surface area contributed by atoms with Gasteiger partial charge in [0.1, 0.15) is 5.82 Å². The number of aromatic nitrogens is 1. The topological polar surface area (TPSA) is 53.4 Å². The summed E-state index contributed by atoms with van der Waals surface area (Å²) in [5, 5.41) is 8.85. The second-order valence-corrected chi connectivity index (χ2v) is 3.56. The molecule has 1 aromatic heterocycles. The highest BCUT2D eigenvalue weighted by atomic mass is 16.4. The summed E-state index contributed by atoms with van der Waals surface area (Å²) in [4.78, 5) is 16.9. The average molecular weight is 220 g/mol. The summed E-state index contributed by atoms with van der Waals surface area (Å²) in [6.45, 7) is 4.49. The largest absolute Gasteiger partial charge is 0.478 e. The minimum absolute atomic E-state index is 0.264. The van der Waals surface area contributed by atoms with Crippen LogP contribution in [-0.4, -0.2) is 29.7 Å². The van der Waals surface area contributed by atoms with E-state index in [-0.39, 0.29) is 5.56 Å². The number of allylic oxidation sites excluding steroid dienone is 1. The fourth-order valence-corrected chi connectivity index (χ4v) is 1.35. The third-order valence-corrected chi connectivity index (χ3v) is 2.29. The molecule has 4 nitrogen and oxygen atoms in total. The van der Waals surface area contributed by atoms with E-state index in [0.29, 0.717) is 5.82 Å². The zero-order chi connectivity index (χ0) is 12.0. The molecule has 0 unspecified atom stereocenters. The highest BCUT2D eigenvalue weighted by Gasteiger charge is 2.06. The van der Waals surface area contributed by atoms with Gasteiger partial charge in [0, 0.05) is 19.8 Å². The van der Waals surface area contributed by atoms with Crippen LogP contribution in [0.2, 0.25) is 0 Å². The first-order valence-electron chi connectivity index (χ1n) is 5.16. The normalized spacial score (nSPS) is 9.81. The number of carboxylic acids is 1. The number of pyridine rings is 1. The molecular weight excluding hydrogens is 204 g/mol.